The van der Waals surface area contributed by atoms with Crippen LogP contribution in [0.5, 0.6) is 0 Å². The van der Waals surface area contributed by atoms with E-state index in [-0.39, 0.29) is 30.7 Å². The maximum absolute atomic E-state index is 12.9. The molecule has 2 aliphatic heterocycles. The van der Waals surface area contributed by atoms with E-state index >= 15 is 0 Å². The van der Waals surface area contributed by atoms with E-state index in [1.165, 1.54) is 10.0 Å². The van der Waals surface area contributed by atoms with Gasteiger partial charge in [-0.25, -0.2) is 9.80 Å². The maximum Gasteiger partial charge on any atom is 0.344 e. The predicted molar refractivity (Wildman–Crippen MR) is 110 cm³/mol. The summed E-state index contributed by atoms with van der Waals surface area (Å²) in [6.45, 7) is 2.25. The molecule has 3 rings (SSSR count). The number of rotatable bonds is 7. The summed E-state index contributed by atoms with van der Waals surface area (Å²) in [6, 6.07) is 8.01. The Morgan fingerprint density at radius 2 is 1.81 bits per heavy atom. The van der Waals surface area contributed by atoms with E-state index in [0.29, 0.717) is 45.1 Å². The summed E-state index contributed by atoms with van der Waals surface area (Å²) in [4.78, 5) is 59.6. The molecular weight excluding hydrogens is 402 g/mol. The Hall–Kier alpha value is -2.94. The first-order valence-electron chi connectivity index (χ1n) is 10.7. The summed E-state index contributed by atoms with van der Waals surface area (Å²) in [5, 5.41) is 5.52. The van der Waals surface area contributed by atoms with Gasteiger partial charge in [-0.1, -0.05) is 30.3 Å². The lowest BCUT2D eigenvalue weighted by molar-refractivity contribution is -0.280. The fourth-order valence-electron chi connectivity index (χ4n) is 3.84. The average molecular weight is 431 g/mol. The van der Waals surface area contributed by atoms with Crippen molar-refractivity contribution >= 4 is 23.7 Å². The van der Waals surface area contributed by atoms with E-state index in [4.69, 9.17) is 9.78 Å². The van der Waals surface area contributed by atoms with Crippen LogP contribution >= 0.6 is 0 Å². The molecule has 0 aliphatic carbocycles. The third-order valence-electron chi connectivity index (χ3n) is 5.36. The number of carbonyl (C=O) groups excluding carboxylic acids is 4. The molecule has 0 saturated carbocycles. The van der Waals surface area contributed by atoms with Gasteiger partial charge in [0.25, 0.3) is 0 Å². The van der Waals surface area contributed by atoms with E-state index in [0.717, 1.165) is 5.56 Å². The second kappa shape index (κ2) is 10.9. The van der Waals surface area contributed by atoms with Gasteiger partial charge < -0.3 is 5.32 Å². The molecule has 31 heavy (non-hydrogen) atoms. The maximum atomic E-state index is 12.9. The van der Waals surface area contributed by atoms with Gasteiger partial charge >= 0.3 is 5.97 Å². The van der Waals surface area contributed by atoms with Crippen LogP contribution in [0, 0.1) is 0 Å². The molecule has 0 aromatic heterocycles. The van der Waals surface area contributed by atoms with Crippen molar-refractivity contribution in [3.8, 4) is 0 Å². The second-order valence-electron chi connectivity index (χ2n) is 7.94. The van der Waals surface area contributed by atoms with Crippen LogP contribution in [0.4, 0.5) is 0 Å². The number of benzene rings is 1. The van der Waals surface area contributed by atoms with Gasteiger partial charge in [-0.15, -0.1) is 0 Å². The van der Waals surface area contributed by atoms with Crippen LogP contribution in [0.1, 0.15) is 57.4 Å². The molecule has 2 atom stereocenters. The smallest absolute Gasteiger partial charge is 0.344 e. The zero-order valence-corrected chi connectivity index (χ0v) is 17.7. The number of fused-ring (bicyclic) bond motifs is 1. The van der Waals surface area contributed by atoms with Gasteiger partial charge in [0, 0.05) is 25.4 Å². The van der Waals surface area contributed by atoms with Crippen molar-refractivity contribution in [1.29, 1.82) is 0 Å². The van der Waals surface area contributed by atoms with Gasteiger partial charge in [0.05, 0.1) is 6.42 Å². The fourth-order valence-corrected chi connectivity index (χ4v) is 3.84. The van der Waals surface area contributed by atoms with Crippen molar-refractivity contribution in [2.75, 3.05) is 6.54 Å². The first-order chi connectivity index (χ1) is 15.0. The Morgan fingerprint density at radius 1 is 1.10 bits per heavy atom. The van der Waals surface area contributed by atoms with E-state index < -0.39 is 18.1 Å². The van der Waals surface area contributed by atoms with Crippen LogP contribution in [0.15, 0.2) is 30.3 Å². The quantitative estimate of drug-likeness (QED) is 0.522. The molecular formula is C22H29N3O6. The van der Waals surface area contributed by atoms with Crippen molar-refractivity contribution < 1.29 is 29.0 Å². The minimum Gasteiger partial charge on any atom is -0.351 e. The van der Waals surface area contributed by atoms with E-state index in [1.807, 2.05) is 30.3 Å². The molecule has 2 heterocycles. The third-order valence-corrected chi connectivity index (χ3v) is 5.36. The number of hydrogen-bond donors (Lipinski definition) is 1. The SMILES string of the molecule is C[C@H](CC(=O)OOCc1ccccc1)NC(=O)[C@@H]1CCCN2C(=O)CCCCC(=O)N12. The van der Waals surface area contributed by atoms with Crippen LogP contribution in [0.2, 0.25) is 0 Å². The lowest BCUT2D eigenvalue weighted by Gasteiger charge is -2.44. The molecule has 3 amide bonds. The topological polar surface area (TPSA) is 105 Å². The summed E-state index contributed by atoms with van der Waals surface area (Å²) >= 11 is 0. The highest BCUT2D eigenvalue weighted by molar-refractivity contribution is 5.90. The van der Waals surface area contributed by atoms with Crippen LogP contribution < -0.4 is 5.32 Å². The molecule has 9 heteroatoms. The van der Waals surface area contributed by atoms with Gasteiger partial charge in [-0.05, 0) is 38.2 Å². The highest BCUT2D eigenvalue weighted by Crippen LogP contribution is 2.24. The molecule has 0 spiro atoms. The second-order valence-corrected chi connectivity index (χ2v) is 7.94. The Bertz CT molecular complexity index is 800. The number of nitrogens with zero attached hydrogens (tertiary/aromatic N) is 2. The molecule has 168 valence electrons. The first kappa shape index (κ1) is 22.7. The molecule has 0 unspecified atom stereocenters. The number of hydrogen-bond acceptors (Lipinski definition) is 6. The van der Waals surface area contributed by atoms with Gasteiger partial charge in [0.1, 0.15) is 12.6 Å². The van der Waals surface area contributed by atoms with E-state index in [2.05, 4.69) is 5.32 Å². The highest BCUT2D eigenvalue weighted by Gasteiger charge is 2.40. The van der Waals surface area contributed by atoms with Gasteiger partial charge in [-0.3, -0.25) is 24.3 Å². The summed E-state index contributed by atoms with van der Waals surface area (Å²) < 4.78 is 0. The number of hydrazine groups is 1. The standard InChI is InChI=1S/C22H29N3O6/c1-16(14-21(28)31-30-15-17-8-3-2-4-9-17)23-22(29)18-10-7-13-24-19(26)11-5-6-12-20(27)25(18)24/h2-4,8-9,16,18H,5-7,10-15H2,1H3,(H,23,29)/t16-,18+/m1/s1. The van der Waals surface area contributed by atoms with Crippen molar-refractivity contribution in [1.82, 2.24) is 15.3 Å². The fraction of sp³-hybridized carbons (Fsp3) is 0.545. The minimum atomic E-state index is -0.754. The molecule has 0 radical (unpaired) electrons. The molecule has 2 saturated heterocycles. The van der Waals surface area contributed by atoms with E-state index in [1.54, 1.807) is 6.92 Å². The van der Waals surface area contributed by atoms with Crippen molar-refractivity contribution in [2.45, 2.75) is 70.6 Å². The summed E-state index contributed by atoms with van der Waals surface area (Å²) in [5.74, 6) is -1.32. The largest absolute Gasteiger partial charge is 0.351 e. The summed E-state index contributed by atoms with van der Waals surface area (Å²) in [6.07, 6.45) is 3.03. The van der Waals surface area contributed by atoms with Gasteiger partial charge in [0.15, 0.2) is 0 Å². The normalized spacial score (nSPS) is 20.4. The predicted octanol–water partition coefficient (Wildman–Crippen LogP) is 1.86. The molecule has 1 N–H and O–H groups in total. The van der Waals surface area contributed by atoms with Gasteiger partial charge in [-0.2, -0.15) is 4.89 Å². The molecule has 9 nitrogen and oxygen atoms in total. The third kappa shape index (κ3) is 6.27. The lowest BCUT2D eigenvalue weighted by Crippen LogP contribution is -2.62. The zero-order chi connectivity index (χ0) is 22.2. The van der Waals surface area contributed by atoms with Crippen molar-refractivity contribution in [3.63, 3.8) is 0 Å². The first-order valence-corrected chi connectivity index (χ1v) is 10.7. The summed E-state index contributed by atoms with van der Waals surface area (Å²) in [7, 11) is 0. The Labute approximate surface area is 181 Å². The van der Waals surface area contributed by atoms with Crippen LogP contribution in [0.25, 0.3) is 0 Å². The average Bonchev–Trinajstić information content (AvgIpc) is 2.75. The molecule has 1 aromatic carbocycles. The zero-order valence-electron chi connectivity index (χ0n) is 17.7. The lowest BCUT2D eigenvalue weighted by atomic mass is 10.0. The Kier molecular flexibility index (Phi) is 8.00. The number of carbonyl (C=O) groups is 4. The van der Waals surface area contributed by atoms with Crippen molar-refractivity contribution in [3.05, 3.63) is 35.9 Å². The number of amides is 3. The Balaban J connectivity index is 1.50. The molecule has 2 aliphatic rings. The highest BCUT2D eigenvalue weighted by atomic mass is 17.2. The number of nitrogens with one attached hydrogen (secondary N) is 1. The van der Waals surface area contributed by atoms with Crippen molar-refractivity contribution in [2.24, 2.45) is 0 Å². The van der Waals surface area contributed by atoms with E-state index in [9.17, 15) is 19.2 Å². The van der Waals surface area contributed by atoms with Gasteiger partial charge in [0.2, 0.25) is 17.7 Å². The molecule has 2 fully saturated rings. The van der Waals surface area contributed by atoms with Crippen LogP contribution in [0.3, 0.4) is 0 Å². The van der Waals surface area contributed by atoms with Crippen LogP contribution in [-0.2, 0) is 35.6 Å². The summed E-state index contributed by atoms with van der Waals surface area (Å²) in [5.41, 5.74) is 0.867. The van der Waals surface area contributed by atoms with Crippen LogP contribution in [-0.4, -0.2) is 52.3 Å². The Morgan fingerprint density at radius 3 is 2.55 bits per heavy atom. The monoisotopic (exact) mass is 431 g/mol. The molecule has 1 aromatic rings. The molecule has 0 bridgehead atoms. The minimum absolute atomic E-state index is 0.0795.